The molecular weight excluding hydrogens is 338 g/mol. The van der Waals surface area contributed by atoms with E-state index in [0.29, 0.717) is 18.7 Å². The van der Waals surface area contributed by atoms with Gasteiger partial charge in [-0.25, -0.2) is 4.98 Å². The van der Waals surface area contributed by atoms with E-state index in [0.717, 1.165) is 16.6 Å². The van der Waals surface area contributed by atoms with Gasteiger partial charge in [-0.05, 0) is 40.4 Å². The summed E-state index contributed by atoms with van der Waals surface area (Å²) in [7, 11) is 0. The lowest BCUT2D eigenvalue weighted by Crippen LogP contribution is -2.25. The number of H-pyrrole nitrogens is 1. The van der Waals surface area contributed by atoms with Gasteiger partial charge in [0.25, 0.3) is 0 Å². The molecule has 0 spiro atoms. The zero-order chi connectivity index (χ0) is 15.2. The number of halogens is 1. The molecule has 2 rings (SSSR count). The van der Waals surface area contributed by atoms with Crippen molar-refractivity contribution in [2.45, 2.75) is 32.1 Å². The molecule has 0 saturated heterocycles. The summed E-state index contributed by atoms with van der Waals surface area (Å²) in [6.45, 7) is 1.96. The zero-order valence-electron chi connectivity index (χ0n) is 11.5. The number of aromatic amines is 1. The molecule has 0 radical (unpaired) electrons. The van der Waals surface area contributed by atoms with Crippen LogP contribution in [0.2, 0.25) is 0 Å². The Labute approximate surface area is 130 Å². The maximum Gasteiger partial charge on any atom is 0.307 e. The average Bonchev–Trinajstić information content (AvgIpc) is 2.98. The number of aromatic nitrogens is 5. The molecule has 2 N–H and O–H groups in total. The molecule has 2 aromatic rings. The van der Waals surface area contributed by atoms with Gasteiger partial charge in [-0.1, -0.05) is 24.6 Å². The highest BCUT2D eigenvalue weighted by atomic mass is 79.9. The van der Waals surface area contributed by atoms with Gasteiger partial charge in [0.15, 0.2) is 5.82 Å². The van der Waals surface area contributed by atoms with Crippen molar-refractivity contribution in [3.63, 3.8) is 0 Å². The monoisotopic (exact) mass is 353 g/mol. The molecule has 0 saturated carbocycles. The van der Waals surface area contributed by atoms with E-state index in [-0.39, 0.29) is 5.92 Å². The van der Waals surface area contributed by atoms with E-state index < -0.39 is 11.9 Å². The van der Waals surface area contributed by atoms with Gasteiger partial charge in [-0.15, -0.1) is 10.2 Å². The van der Waals surface area contributed by atoms with Gasteiger partial charge in [0.05, 0.1) is 5.92 Å². The van der Waals surface area contributed by atoms with Gasteiger partial charge in [0, 0.05) is 12.1 Å². The van der Waals surface area contributed by atoms with Crippen molar-refractivity contribution in [1.29, 1.82) is 0 Å². The van der Waals surface area contributed by atoms with Gasteiger partial charge in [-0.2, -0.15) is 5.21 Å². The number of pyridine rings is 1. The van der Waals surface area contributed by atoms with Gasteiger partial charge in [0.2, 0.25) is 0 Å². The van der Waals surface area contributed by atoms with Crippen molar-refractivity contribution in [2.75, 3.05) is 0 Å². The van der Waals surface area contributed by atoms with Crippen LogP contribution in [0.3, 0.4) is 0 Å². The van der Waals surface area contributed by atoms with Crippen LogP contribution < -0.4 is 0 Å². The number of rotatable bonds is 7. The summed E-state index contributed by atoms with van der Waals surface area (Å²) in [4.78, 5) is 15.7. The fourth-order valence-electron chi connectivity index (χ4n) is 2.33. The van der Waals surface area contributed by atoms with Crippen LogP contribution in [0.5, 0.6) is 0 Å². The molecule has 0 unspecified atom stereocenters. The van der Waals surface area contributed by atoms with Crippen molar-refractivity contribution >= 4 is 21.9 Å². The average molecular weight is 354 g/mol. The van der Waals surface area contributed by atoms with Crippen LogP contribution in [0.15, 0.2) is 22.9 Å². The molecule has 2 heterocycles. The molecule has 8 heteroatoms. The molecule has 7 nitrogen and oxygen atoms in total. The topological polar surface area (TPSA) is 105 Å². The van der Waals surface area contributed by atoms with Gasteiger partial charge in [-0.3, -0.25) is 4.79 Å². The standard InChI is InChI=1S/C13H16BrN5O2/c1-2-3-9(13(20)21)10(12-16-18-19-17-12)6-8-4-5-11(14)15-7-8/h4-5,7,9-10H,2-3,6H2,1H3,(H,20,21)(H,16,17,18,19)/t9-,10+/m1/s1. The largest absolute Gasteiger partial charge is 0.481 e. The molecule has 0 aliphatic rings. The number of nitrogens with one attached hydrogen (secondary N) is 1. The fourth-order valence-corrected chi connectivity index (χ4v) is 2.56. The molecule has 2 aromatic heterocycles. The van der Waals surface area contributed by atoms with E-state index >= 15 is 0 Å². The Kier molecular flexibility index (Phi) is 5.38. The normalized spacial score (nSPS) is 13.8. The van der Waals surface area contributed by atoms with Crippen molar-refractivity contribution < 1.29 is 9.90 Å². The van der Waals surface area contributed by atoms with Crippen LogP contribution in [0.1, 0.15) is 37.1 Å². The second-order valence-corrected chi connectivity index (χ2v) is 5.62. The van der Waals surface area contributed by atoms with E-state index in [1.807, 2.05) is 19.1 Å². The molecule has 2 atom stereocenters. The molecule has 0 aliphatic heterocycles. The van der Waals surface area contributed by atoms with Crippen molar-refractivity contribution in [3.8, 4) is 0 Å². The molecule has 0 fully saturated rings. The van der Waals surface area contributed by atoms with Gasteiger partial charge in [0.1, 0.15) is 4.60 Å². The Hall–Kier alpha value is -1.83. The smallest absolute Gasteiger partial charge is 0.307 e. The zero-order valence-corrected chi connectivity index (χ0v) is 13.1. The third kappa shape index (κ3) is 4.07. The summed E-state index contributed by atoms with van der Waals surface area (Å²) in [5.41, 5.74) is 0.940. The van der Waals surface area contributed by atoms with Crippen molar-refractivity contribution in [2.24, 2.45) is 5.92 Å². The summed E-state index contributed by atoms with van der Waals surface area (Å²) in [5, 5.41) is 23.4. The summed E-state index contributed by atoms with van der Waals surface area (Å²) in [6, 6.07) is 3.74. The fraction of sp³-hybridized carbons (Fsp3) is 0.462. The third-order valence-corrected chi connectivity index (χ3v) is 3.81. The van der Waals surface area contributed by atoms with E-state index in [2.05, 4.69) is 41.5 Å². The van der Waals surface area contributed by atoms with Crippen molar-refractivity contribution in [1.82, 2.24) is 25.6 Å². The summed E-state index contributed by atoms with van der Waals surface area (Å²) in [5.74, 6) is -1.28. The number of hydrogen-bond donors (Lipinski definition) is 2. The van der Waals surface area contributed by atoms with E-state index in [9.17, 15) is 9.90 Å². The predicted molar refractivity (Wildman–Crippen MR) is 78.6 cm³/mol. The SMILES string of the molecule is CCC[C@@H](C(=O)O)[C@H](Cc1ccc(Br)nc1)c1nn[nH]n1. The first-order valence-corrected chi connectivity index (χ1v) is 7.47. The van der Waals surface area contributed by atoms with E-state index in [4.69, 9.17) is 0 Å². The quantitative estimate of drug-likeness (QED) is 0.739. The molecule has 112 valence electrons. The minimum atomic E-state index is -0.836. The number of carboxylic acid groups (broad SMARTS) is 1. The molecule has 0 bridgehead atoms. The maximum atomic E-state index is 11.6. The lowest BCUT2D eigenvalue weighted by Gasteiger charge is -2.20. The second kappa shape index (κ2) is 7.26. The highest BCUT2D eigenvalue weighted by Crippen LogP contribution is 2.29. The number of tetrazole rings is 1. The number of hydrogen-bond acceptors (Lipinski definition) is 5. The maximum absolute atomic E-state index is 11.6. The number of carboxylic acids is 1. The van der Waals surface area contributed by atoms with E-state index in [1.165, 1.54) is 0 Å². The Morgan fingerprint density at radius 3 is 2.81 bits per heavy atom. The highest BCUT2D eigenvalue weighted by Gasteiger charge is 2.31. The Morgan fingerprint density at radius 2 is 2.29 bits per heavy atom. The lowest BCUT2D eigenvalue weighted by molar-refractivity contribution is -0.142. The lowest BCUT2D eigenvalue weighted by atomic mass is 9.83. The first-order chi connectivity index (χ1) is 10.1. The molecule has 21 heavy (non-hydrogen) atoms. The number of nitrogens with zero attached hydrogens (tertiary/aromatic N) is 4. The van der Waals surface area contributed by atoms with Gasteiger partial charge < -0.3 is 5.11 Å². The number of aliphatic carboxylic acids is 1. The van der Waals surface area contributed by atoms with E-state index in [1.54, 1.807) is 6.20 Å². The Balaban J connectivity index is 2.27. The Bertz CT molecular complexity index is 573. The van der Waals surface area contributed by atoms with Crippen LogP contribution >= 0.6 is 15.9 Å². The van der Waals surface area contributed by atoms with Crippen LogP contribution in [0.4, 0.5) is 0 Å². The van der Waals surface area contributed by atoms with Crippen molar-refractivity contribution in [3.05, 3.63) is 34.3 Å². The first kappa shape index (κ1) is 15.6. The van der Waals surface area contributed by atoms with Crippen LogP contribution in [0.25, 0.3) is 0 Å². The second-order valence-electron chi connectivity index (χ2n) is 4.80. The van der Waals surface area contributed by atoms with Gasteiger partial charge >= 0.3 is 5.97 Å². The molecular formula is C13H16BrN5O2. The van der Waals surface area contributed by atoms with Crippen LogP contribution in [-0.4, -0.2) is 36.7 Å². The minimum absolute atomic E-state index is 0.329. The molecule has 0 aromatic carbocycles. The van der Waals surface area contributed by atoms with Crippen LogP contribution in [0, 0.1) is 5.92 Å². The predicted octanol–water partition coefficient (Wildman–Crippen LogP) is 2.18. The molecule has 0 amide bonds. The molecule has 0 aliphatic carbocycles. The summed E-state index contributed by atoms with van der Waals surface area (Å²) in [6.07, 6.45) is 3.58. The first-order valence-electron chi connectivity index (χ1n) is 6.68. The number of carbonyl (C=O) groups is 1. The third-order valence-electron chi connectivity index (χ3n) is 3.34. The summed E-state index contributed by atoms with van der Waals surface area (Å²) >= 11 is 3.28. The highest BCUT2D eigenvalue weighted by molar-refractivity contribution is 9.10. The van der Waals surface area contributed by atoms with Crippen LogP contribution in [-0.2, 0) is 11.2 Å². The minimum Gasteiger partial charge on any atom is -0.481 e. The summed E-state index contributed by atoms with van der Waals surface area (Å²) < 4.78 is 0.741. The Morgan fingerprint density at radius 1 is 1.48 bits per heavy atom.